The van der Waals surface area contributed by atoms with Crippen molar-refractivity contribution in [3.63, 3.8) is 0 Å². The van der Waals surface area contributed by atoms with Gasteiger partial charge in [-0.15, -0.1) is 0 Å². The minimum atomic E-state index is -0.745. The monoisotopic (exact) mass is 350 g/mol. The number of nitrogens with one attached hydrogen (secondary N) is 2. The second-order valence-electron chi connectivity index (χ2n) is 5.23. The molecule has 0 spiro atoms. The summed E-state index contributed by atoms with van der Waals surface area (Å²) < 4.78 is 31.5. The Balaban J connectivity index is 1.98. The first-order valence-electron chi connectivity index (χ1n) is 7.19. The highest BCUT2D eigenvalue weighted by Crippen LogP contribution is 2.16. The fraction of sp³-hybridized carbons (Fsp3) is 0.176. The van der Waals surface area contributed by atoms with Crippen LogP contribution in [0, 0.1) is 11.6 Å². The minimum absolute atomic E-state index is 0.0611. The molecule has 0 aliphatic heterocycles. The molecule has 0 fully saturated rings. The van der Waals surface area contributed by atoms with Crippen molar-refractivity contribution in [2.45, 2.75) is 20.0 Å². The number of rotatable bonds is 4. The molecule has 0 aromatic heterocycles. The third kappa shape index (κ3) is 4.99. The van der Waals surface area contributed by atoms with Crippen LogP contribution in [-0.2, 0) is 4.74 Å². The average Bonchev–Trinajstić information content (AvgIpc) is 2.50. The van der Waals surface area contributed by atoms with Gasteiger partial charge in [-0.05, 0) is 62.5 Å². The molecule has 0 heterocycles. The smallest absolute Gasteiger partial charge is 0.338 e. The third-order valence-corrected chi connectivity index (χ3v) is 3.10. The van der Waals surface area contributed by atoms with Crippen LogP contribution in [0.25, 0.3) is 0 Å². The van der Waals surface area contributed by atoms with Crippen LogP contribution >= 0.6 is 12.2 Å². The van der Waals surface area contributed by atoms with Crippen molar-refractivity contribution in [2.75, 3.05) is 10.6 Å². The van der Waals surface area contributed by atoms with E-state index in [0.717, 1.165) is 12.1 Å². The van der Waals surface area contributed by atoms with Crippen molar-refractivity contribution in [2.24, 2.45) is 0 Å². The Labute approximate surface area is 143 Å². The van der Waals surface area contributed by atoms with Crippen molar-refractivity contribution < 1.29 is 18.3 Å². The Morgan fingerprint density at radius 2 is 1.75 bits per heavy atom. The van der Waals surface area contributed by atoms with E-state index in [4.69, 9.17) is 17.0 Å². The zero-order valence-electron chi connectivity index (χ0n) is 13.1. The lowest BCUT2D eigenvalue weighted by atomic mass is 10.2. The average molecular weight is 350 g/mol. The topological polar surface area (TPSA) is 50.4 Å². The maximum absolute atomic E-state index is 13.6. The molecule has 2 rings (SSSR count). The molecule has 0 saturated heterocycles. The first-order chi connectivity index (χ1) is 11.3. The van der Waals surface area contributed by atoms with E-state index in [1.807, 2.05) is 0 Å². The SMILES string of the molecule is CC(C)OC(=O)c1ccc(NC(=S)Nc2ccc(F)cc2F)cc1. The van der Waals surface area contributed by atoms with Crippen LogP contribution in [0.15, 0.2) is 42.5 Å². The molecule has 0 aliphatic carbocycles. The molecular formula is C17H16F2N2O2S. The van der Waals surface area contributed by atoms with Crippen molar-refractivity contribution in [3.8, 4) is 0 Å². The van der Waals surface area contributed by atoms with Crippen LogP contribution in [0.1, 0.15) is 24.2 Å². The molecule has 0 bridgehead atoms. The summed E-state index contributed by atoms with van der Waals surface area (Å²) in [4.78, 5) is 11.7. The molecule has 2 aromatic rings. The molecule has 0 aliphatic rings. The molecule has 0 saturated carbocycles. The Hall–Kier alpha value is -2.54. The second-order valence-corrected chi connectivity index (χ2v) is 5.64. The molecule has 4 nitrogen and oxygen atoms in total. The molecule has 0 radical (unpaired) electrons. The number of anilines is 2. The Morgan fingerprint density at radius 1 is 1.08 bits per heavy atom. The number of hydrogen-bond acceptors (Lipinski definition) is 3. The largest absolute Gasteiger partial charge is 0.459 e. The predicted molar refractivity (Wildman–Crippen MR) is 93.2 cm³/mol. The maximum Gasteiger partial charge on any atom is 0.338 e. The Morgan fingerprint density at radius 3 is 2.33 bits per heavy atom. The fourth-order valence-corrected chi connectivity index (χ4v) is 2.08. The quantitative estimate of drug-likeness (QED) is 0.635. The van der Waals surface area contributed by atoms with Crippen molar-refractivity contribution in [1.29, 1.82) is 0 Å². The number of benzene rings is 2. The van der Waals surface area contributed by atoms with E-state index in [9.17, 15) is 13.6 Å². The van der Waals surface area contributed by atoms with E-state index in [-0.39, 0.29) is 16.9 Å². The summed E-state index contributed by atoms with van der Waals surface area (Å²) in [6, 6.07) is 9.62. The minimum Gasteiger partial charge on any atom is -0.459 e. The summed E-state index contributed by atoms with van der Waals surface area (Å²) in [6.07, 6.45) is -0.197. The van der Waals surface area contributed by atoms with Gasteiger partial charge in [-0.2, -0.15) is 0 Å². The van der Waals surface area contributed by atoms with E-state index < -0.39 is 17.6 Å². The number of carbonyl (C=O) groups is 1. The van der Waals surface area contributed by atoms with Gasteiger partial charge in [0.1, 0.15) is 11.6 Å². The molecule has 2 aromatic carbocycles. The first kappa shape index (κ1) is 17.8. The Kier molecular flexibility index (Phi) is 5.81. The predicted octanol–water partition coefficient (Wildman–Crippen LogP) is 4.34. The summed E-state index contributed by atoms with van der Waals surface area (Å²) in [5.74, 6) is -1.82. The van der Waals surface area contributed by atoms with E-state index in [1.165, 1.54) is 6.07 Å². The Bertz CT molecular complexity index is 749. The highest BCUT2D eigenvalue weighted by Gasteiger charge is 2.09. The number of hydrogen-bond donors (Lipinski definition) is 2. The van der Waals surface area contributed by atoms with Gasteiger partial charge in [-0.1, -0.05) is 0 Å². The van der Waals surface area contributed by atoms with Gasteiger partial charge in [0.2, 0.25) is 0 Å². The van der Waals surface area contributed by atoms with Crippen LogP contribution in [0.3, 0.4) is 0 Å². The second kappa shape index (κ2) is 7.83. The van der Waals surface area contributed by atoms with Crippen LogP contribution in [0.2, 0.25) is 0 Å². The molecule has 24 heavy (non-hydrogen) atoms. The summed E-state index contributed by atoms with van der Waals surface area (Å²) >= 11 is 5.08. The van der Waals surface area contributed by atoms with E-state index >= 15 is 0 Å². The van der Waals surface area contributed by atoms with Gasteiger partial charge >= 0.3 is 5.97 Å². The number of thiocarbonyl (C=S) groups is 1. The van der Waals surface area contributed by atoms with Crippen molar-refractivity contribution in [3.05, 3.63) is 59.7 Å². The van der Waals surface area contributed by atoms with Gasteiger partial charge in [-0.25, -0.2) is 13.6 Å². The molecule has 0 amide bonds. The lowest BCUT2D eigenvalue weighted by Gasteiger charge is -2.12. The zero-order valence-corrected chi connectivity index (χ0v) is 13.9. The van der Waals surface area contributed by atoms with Crippen LogP contribution in [0.4, 0.5) is 20.2 Å². The maximum atomic E-state index is 13.6. The molecule has 126 valence electrons. The van der Waals surface area contributed by atoms with Gasteiger partial charge in [0.25, 0.3) is 0 Å². The number of esters is 1. The van der Waals surface area contributed by atoms with Gasteiger partial charge in [-0.3, -0.25) is 0 Å². The van der Waals surface area contributed by atoms with Crippen LogP contribution in [0.5, 0.6) is 0 Å². The summed E-state index contributed by atoms with van der Waals surface area (Å²) in [5, 5.41) is 5.62. The van der Waals surface area contributed by atoms with Gasteiger partial charge < -0.3 is 15.4 Å². The van der Waals surface area contributed by atoms with Crippen molar-refractivity contribution in [1.82, 2.24) is 0 Å². The zero-order chi connectivity index (χ0) is 17.7. The highest BCUT2D eigenvalue weighted by atomic mass is 32.1. The first-order valence-corrected chi connectivity index (χ1v) is 7.60. The van der Waals surface area contributed by atoms with Crippen LogP contribution < -0.4 is 10.6 Å². The number of ether oxygens (including phenoxy) is 1. The van der Waals surface area contributed by atoms with Gasteiger partial charge in [0.05, 0.1) is 17.4 Å². The van der Waals surface area contributed by atoms with E-state index in [2.05, 4.69) is 10.6 Å². The third-order valence-electron chi connectivity index (χ3n) is 2.90. The molecule has 0 atom stereocenters. The van der Waals surface area contributed by atoms with Gasteiger partial charge in [0.15, 0.2) is 5.11 Å². The van der Waals surface area contributed by atoms with Gasteiger partial charge in [0, 0.05) is 11.8 Å². The van der Waals surface area contributed by atoms with Crippen molar-refractivity contribution >= 4 is 34.7 Å². The fourth-order valence-electron chi connectivity index (χ4n) is 1.85. The molecule has 2 N–H and O–H groups in total. The number of carbonyl (C=O) groups excluding carboxylic acids is 1. The summed E-state index contributed by atoms with van der Waals surface area (Å²) in [6.45, 7) is 3.54. The number of halogens is 2. The highest BCUT2D eigenvalue weighted by molar-refractivity contribution is 7.80. The molecular weight excluding hydrogens is 334 g/mol. The summed E-state index contributed by atoms with van der Waals surface area (Å²) in [5.41, 5.74) is 1.08. The van der Waals surface area contributed by atoms with Crippen LogP contribution in [-0.4, -0.2) is 17.2 Å². The normalized spacial score (nSPS) is 10.4. The standard InChI is InChI=1S/C17H16F2N2O2S/c1-10(2)23-16(22)11-3-6-13(7-4-11)20-17(24)21-15-8-5-12(18)9-14(15)19/h3-10H,1-2H3,(H2,20,21,24). The lowest BCUT2D eigenvalue weighted by molar-refractivity contribution is 0.0378. The molecule has 7 heteroatoms. The van der Waals surface area contributed by atoms with E-state index in [1.54, 1.807) is 38.1 Å². The molecule has 0 unspecified atom stereocenters. The summed E-state index contributed by atoms with van der Waals surface area (Å²) in [7, 11) is 0. The lowest BCUT2D eigenvalue weighted by Crippen LogP contribution is -2.20. The van der Waals surface area contributed by atoms with E-state index in [0.29, 0.717) is 11.3 Å².